The summed E-state index contributed by atoms with van der Waals surface area (Å²) in [6.07, 6.45) is 0. The lowest BCUT2D eigenvalue weighted by atomic mass is 9.94. The van der Waals surface area contributed by atoms with E-state index in [4.69, 9.17) is 4.74 Å². The third kappa shape index (κ3) is 3.80. The molecule has 6 heteroatoms. The molecule has 1 aliphatic heterocycles. The van der Waals surface area contributed by atoms with Gasteiger partial charge in [0.25, 0.3) is 0 Å². The van der Waals surface area contributed by atoms with Gasteiger partial charge in [-0.2, -0.15) is 0 Å². The van der Waals surface area contributed by atoms with Crippen LogP contribution in [0.2, 0.25) is 0 Å². The van der Waals surface area contributed by atoms with Crippen molar-refractivity contribution in [2.24, 2.45) is 0 Å². The molecule has 1 N–H and O–H groups in total. The number of hydrogen-bond donors (Lipinski definition) is 1. The molecule has 4 rings (SSSR count). The lowest BCUT2D eigenvalue weighted by molar-refractivity contribution is -0.119. The number of ether oxygens (including phenoxy) is 1. The molecule has 136 valence electrons. The summed E-state index contributed by atoms with van der Waals surface area (Å²) in [4.78, 5) is 21.4. The number of carbonyl (C=O) groups is 1. The summed E-state index contributed by atoms with van der Waals surface area (Å²) in [5, 5.41) is 3.76. The van der Waals surface area contributed by atoms with E-state index in [9.17, 15) is 4.79 Å². The van der Waals surface area contributed by atoms with Crippen LogP contribution in [0.1, 0.15) is 28.6 Å². The molecule has 0 atom stereocenters. The Morgan fingerprint density at radius 1 is 1.00 bits per heavy atom. The number of benzene rings is 2. The van der Waals surface area contributed by atoms with Crippen molar-refractivity contribution in [3.8, 4) is 11.5 Å². The molecule has 0 saturated carbocycles. The molecule has 0 aliphatic carbocycles. The van der Waals surface area contributed by atoms with Crippen LogP contribution in [0.4, 0.5) is 0 Å². The van der Waals surface area contributed by atoms with Crippen LogP contribution in [-0.4, -0.2) is 21.6 Å². The van der Waals surface area contributed by atoms with E-state index in [0.29, 0.717) is 5.16 Å². The van der Waals surface area contributed by atoms with Crippen molar-refractivity contribution in [3.05, 3.63) is 77.1 Å². The summed E-state index contributed by atoms with van der Waals surface area (Å²) < 4.78 is 5.97. The van der Waals surface area contributed by atoms with Crippen molar-refractivity contribution >= 4 is 17.7 Å². The number of aryl methyl sites for hydroxylation is 2. The average molecular weight is 377 g/mol. The molecule has 1 aliphatic rings. The molecule has 0 radical (unpaired) electrons. The van der Waals surface area contributed by atoms with Gasteiger partial charge in [-0.1, -0.05) is 48.2 Å². The van der Waals surface area contributed by atoms with Gasteiger partial charge in [-0.15, -0.1) is 0 Å². The topological polar surface area (TPSA) is 64.1 Å². The van der Waals surface area contributed by atoms with E-state index in [0.717, 1.165) is 34.0 Å². The number of rotatable bonds is 4. The molecule has 0 unspecified atom stereocenters. The molecule has 0 fully saturated rings. The van der Waals surface area contributed by atoms with Crippen molar-refractivity contribution in [3.63, 3.8) is 0 Å². The van der Waals surface area contributed by atoms with Gasteiger partial charge in [-0.25, -0.2) is 9.97 Å². The maximum absolute atomic E-state index is 12.6. The molecule has 5 nitrogen and oxygen atoms in total. The number of carbonyl (C=O) groups excluding carboxylic acids is 1. The molecule has 1 amide bonds. The Kier molecular flexibility index (Phi) is 4.81. The Morgan fingerprint density at radius 3 is 2.15 bits per heavy atom. The fourth-order valence-corrected chi connectivity index (χ4v) is 3.92. The summed E-state index contributed by atoms with van der Waals surface area (Å²) in [7, 11) is 0. The molecule has 27 heavy (non-hydrogen) atoms. The second-order valence-electron chi connectivity index (χ2n) is 6.40. The molecule has 1 aromatic heterocycles. The summed E-state index contributed by atoms with van der Waals surface area (Å²) in [6.45, 7) is 3.85. The van der Waals surface area contributed by atoms with Gasteiger partial charge in [0.05, 0.1) is 11.8 Å². The normalized spacial score (nSPS) is 12.7. The number of fused-ring (bicyclic) bond motifs is 2. The highest BCUT2D eigenvalue weighted by Crippen LogP contribution is 2.42. The van der Waals surface area contributed by atoms with Crippen molar-refractivity contribution in [1.29, 1.82) is 0 Å². The lowest BCUT2D eigenvalue weighted by Gasteiger charge is -2.28. The fraction of sp³-hybridized carbons (Fsp3) is 0.190. The van der Waals surface area contributed by atoms with Gasteiger partial charge in [0, 0.05) is 22.5 Å². The van der Waals surface area contributed by atoms with Gasteiger partial charge in [-0.05, 0) is 32.0 Å². The van der Waals surface area contributed by atoms with Crippen molar-refractivity contribution in [2.45, 2.75) is 25.0 Å². The van der Waals surface area contributed by atoms with Crippen LogP contribution in [0.5, 0.6) is 11.5 Å². The lowest BCUT2D eigenvalue weighted by Crippen LogP contribution is -2.32. The van der Waals surface area contributed by atoms with Crippen molar-refractivity contribution in [2.75, 3.05) is 5.75 Å². The van der Waals surface area contributed by atoms with Crippen LogP contribution in [0.25, 0.3) is 0 Å². The molecule has 2 heterocycles. The second kappa shape index (κ2) is 7.40. The minimum Gasteiger partial charge on any atom is -0.457 e. The van der Waals surface area contributed by atoms with Crippen LogP contribution in [0.3, 0.4) is 0 Å². The zero-order valence-electron chi connectivity index (χ0n) is 15.1. The maximum Gasteiger partial charge on any atom is 0.231 e. The second-order valence-corrected chi connectivity index (χ2v) is 7.34. The predicted molar refractivity (Wildman–Crippen MR) is 105 cm³/mol. The molecule has 0 saturated heterocycles. The molecular formula is C21H19N3O2S. The van der Waals surface area contributed by atoms with Gasteiger partial charge >= 0.3 is 0 Å². The minimum absolute atomic E-state index is 0.0701. The summed E-state index contributed by atoms with van der Waals surface area (Å²) >= 11 is 1.34. The first-order valence-corrected chi connectivity index (χ1v) is 9.69. The maximum atomic E-state index is 12.6. The number of nitrogens with one attached hydrogen (secondary N) is 1. The van der Waals surface area contributed by atoms with Gasteiger partial charge in [0.15, 0.2) is 5.16 Å². The molecule has 2 aromatic carbocycles. The van der Waals surface area contributed by atoms with Crippen LogP contribution < -0.4 is 10.1 Å². The molecular weight excluding hydrogens is 358 g/mol. The number of aromatic nitrogens is 2. The number of nitrogens with zero attached hydrogens (tertiary/aromatic N) is 2. The molecule has 0 bridgehead atoms. The highest BCUT2D eigenvalue weighted by molar-refractivity contribution is 7.99. The summed E-state index contributed by atoms with van der Waals surface area (Å²) in [5.41, 5.74) is 3.71. The monoisotopic (exact) mass is 377 g/mol. The molecule has 0 spiro atoms. The Labute approximate surface area is 162 Å². The molecule has 3 aromatic rings. The van der Waals surface area contributed by atoms with E-state index in [2.05, 4.69) is 15.3 Å². The van der Waals surface area contributed by atoms with E-state index in [1.165, 1.54) is 11.8 Å². The first kappa shape index (κ1) is 17.5. The van der Waals surface area contributed by atoms with Crippen LogP contribution >= 0.6 is 11.8 Å². The SMILES string of the molecule is Cc1cc(C)nc(SCC(=O)NC2c3ccccc3Oc3ccccc32)n1. The van der Waals surface area contributed by atoms with Crippen molar-refractivity contribution < 1.29 is 9.53 Å². The Hall–Kier alpha value is -2.86. The summed E-state index contributed by atoms with van der Waals surface area (Å²) in [6, 6.07) is 17.2. The summed E-state index contributed by atoms with van der Waals surface area (Å²) in [5.74, 6) is 1.72. The zero-order chi connectivity index (χ0) is 18.8. The van der Waals surface area contributed by atoms with Crippen LogP contribution in [-0.2, 0) is 4.79 Å². The Balaban J connectivity index is 1.53. The van der Waals surface area contributed by atoms with E-state index in [1.54, 1.807) is 0 Å². The van der Waals surface area contributed by atoms with Gasteiger partial charge in [-0.3, -0.25) is 4.79 Å². The zero-order valence-corrected chi connectivity index (χ0v) is 15.9. The van der Waals surface area contributed by atoms with E-state index in [1.807, 2.05) is 68.4 Å². The highest BCUT2D eigenvalue weighted by Gasteiger charge is 2.28. The van der Waals surface area contributed by atoms with E-state index >= 15 is 0 Å². The number of amides is 1. The van der Waals surface area contributed by atoms with Crippen LogP contribution in [0.15, 0.2) is 59.8 Å². The Bertz CT molecular complexity index is 940. The first-order chi connectivity index (χ1) is 13.1. The third-order valence-corrected chi connectivity index (χ3v) is 5.13. The number of thioether (sulfide) groups is 1. The van der Waals surface area contributed by atoms with Crippen molar-refractivity contribution in [1.82, 2.24) is 15.3 Å². The van der Waals surface area contributed by atoms with Gasteiger partial charge in [0.2, 0.25) is 5.91 Å². The van der Waals surface area contributed by atoms with Gasteiger partial charge in [0.1, 0.15) is 11.5 Å². The number of para-hydroxylation sites is 2. The predicted octanol–water partition coefficient (Wildman–Crippen LogP) is 4.20. The largest absolute Gasteiger partial charge is 0.457 e. The quantitative estimate of drug-likeness (QED) is 0.545. The first-order valence-electron chi connectivity index (χ1n) is 8.70. The number of hydrogen-bond acceptors (Lipinski definition) is 5. The Morgan fingerprint density at radius 2 is 1.56 bits per heavy atom. The van der Waals surface area contributed by atoms with E-state index in [-0.39, 0.29) is 17.7 Å². The minimum atomic E-state index is -0.237. The van der Waals surface area contributed by atoms with Crippen LogP contribution in [0, 0.1) is 13.8 Å². The van der Waals surface area contributed by atoms with Gasteiger partial charge < -0.3 is 10.1 Å². The fourth-order valence-electron chi connectivity index (χ4n) is 3.16. The smallest absolute Gasteiger partial charge is 0.231 e. The van der Waals surface area contributed by atoms with E-state index < -0.39 is 0 Å². The standard InChI is InChI=1S/C21H19N3O2S/c1-13-11-14(2)23-21(22-13)27-12-19(25)24-20-15-7-3-5-9-17(15)26-18-10-6-4-8-16(18)20/h3-11,20H,12H2,1-2H3,(H,24,25). The average Bonchev–Trinajstić information content (AvgIpc) is 2.65. The highest BCUT2D eigenvalue weighted by atomic mass is 32.2. The third-order valence-electron chi connectivity index (χ3n) is 4.28.